The molecule has 164 valence electrons. The Morgan fingerprint density at radius 2 is 1.76 bits per heavy atom. The number of hydrogen-bond acceptors (Lipinski definition) is 4. The van der Waals surface area contributed by atoms with Gasteiger partial charge in [0.25, 0.3) is 0 Å². The van der Waals surface area contributed by atoms with E-state index in [0.717, 1.165) is 49.4 Å². The standard InChI is InChI=1S/C21H36N4O3S/c1-3-23-20(25-17-21(13-14-26)11-5-4-6-12-21)24-15-18-7-9-19(10-8-18)16-29(27,28)22-2/h7-10,22,26H,3-6,11-17H2,1-2H3,(H2,23,24,25). The molecule has 0 bridgehead atoms. The van der Waals surface area contributed by atoms with Gasteiger partial charge in [-0.25, -0.2) is 18.1 Å². The Kier molecular flexibility index (Phi) is 9.39. The molecule has 0 saturated heterocycles. The Balaban J connectivity index is 1.97. The van der Waals surface area contributed by atoms with Gasteiger partial charge in [-0.05, 0) is 49.8 Å². The van der Waals surface area contributed by atoms with Crippen LogP contribution in [-0.4, -0.2) is 46.2 Å². The van der Waals surface area contributed by atoms with Crippen molar-refractivity contribution in [2.24, 2.45) is 10.4 Å². The molecule has 29 heavy (non-hydrogen) atoms. The second-order valence-electron chi connectivity index (χ2n) is 7.86. The van der Waals surface area contributed by atoms with Crippen LogP contribution in [0.1, 0.15) is 56.6 Å². The van der Waals surface area contributed by atoms with Crippen molar-refractivity contribution in [2.75, 3.05) is 26.7 Å². The maximum atomic E-state index is 11.7. The summed E-state index contributed by atoms with van der Waals surface area (Å²) in [5, 5.41) is 16.3. The molecule has 8 heteroatoms. The third-order valence-corrected chi connectivity index (χ3v) is 6.98. The molecule has 0 spiro atoms. The maximum Gasteiger partial charge on any atom is 0.215 e. The van der Waals surface area contributed by atoms with Crippen molar-refractivity contribution >= 4 is 16.0 Å². The van der Waals surface area contributed by atoms with Gasteiger partial charge in [-0.1, -0.05) is 43.5 Å². The summed E-state index contributed by atoms with van der Waals surface area (Å²) in [5.41, 5.74) is 1.93. The first-order valence-electron chi connectivity index (χ1n) is 10.5. The molecular weight excluding hydrogens is 388 g/mol. The van der Waals surface area contributed by atoms with Gasteiger partial charge >= 0.3 is 0 Å². The average Bonchev–Trinajstić information content (AvgIpc) is 2.72. The van der Waals surface area contributed by atoms with Crippen molar-refractivity contribution in [1.29, 1.82) is 0 Å². The van der Waals surface area contributed by atoms with Gasteiger partial charge < -0.3 is 15.7 Å². The molecule has 4 N–H and O–H groups in total. The molecule has 1 aliphatic carbocycles. The minimum Gasteiger partial charge on any atom is -0.396 e. The molecule has 1 aromatic carbocycles. The van der Waals surface area contributed by atoms with Gasteiger partial charge in [-0.15, -0.1) is 0 Å². The number of nitrogens with one attached hydrogen (secondary N) is 3. The monoisotopic (exact) mass is 424 g/mol. The zero-order chi connectivity index (χ0) is 21.2. The first kappa shape index (κ1) is 23.6. The molecule has 0 heterocycles. The number of hydrogen-bond donors (Lipinski definition) is 4. The van der Waals surface area contributed by atoms with Crippen molar-refractivity contribution in [3.8, 4) is 0 Å². The highest BCUT2D eigenvalue weighted by atomic mass is 32.2. The average molecular weight is 425 g/mol. The largest absolute Gasteiger partial charge is 0.396 e. The van der Waals surface area contributed by atoms with E-state index in [4.69, 9.17) is 0 Å². The van der Waals surface area contributed by atoms with Crippen LogP contribution in [0.5, 0.6) is 0 Å². The van der Waals surface area contributed by atoms with E-state index in [1.54, 1.807) is 0 Å². The fourth-order valence-electron chi connectivity index (χ4n) is 3.87. The smallest absolute Gasteiger partial charge is 0.215 e. The second-order valence-corrected chi connectivity index (χ2v) is 9.79. The number of benzene rings is 1. The Bertz CT molecular complexity index is 736. The highest BCUT2D eigenvalue weighted by Gasteiger charge is 2.31. The quantitative estimate of drug-likeness (QED) is 0.340. The molecule has 2 rings (SSSR count). The highest BCUT2D eigenvalue weighted by Crippen LogP contribution is 2.38. The molecule has 0 aliphatic heterocycles. The summed E-state index contributed by atoms with van der Waals surface area (Å²) in [6.07, 6.45) is 6.87. The highest BCUT2D eigenvalue weighted by molar-refractivity contribution is 7.88. The lowest BCUT2D eigenvalue weighted by Crippen LogP contribution is -2.44. The van der Waals surface area contributed by atoms with E-state index in [9.17, 15) is 13.5 Å². The van der Waals surface area contributed by atoms with E-state index < -0.39 is 10.0 Å². The SMILES string of the molecule is CCNC(=NCc1ccc(CS(=O)(=O)NC)cc1)NCC1(CCO)CCCCC1. The minimum atomic E-state index is -3.26. The lowest BCUT2D eigenvalue weighted by Gasteiger charge is -2.37. The fraction of sp³-hybridized carbons (Fsp3) is 0.667. The lowest BCUT2D eigenvalue weighted by atomic mass is 9.72. The predicted molar refractivity (Wildman–Crippen MR) is 118 cm³/mol. The summed E-state index contributed by atoms with van der Waals surface area (Å²) in [6.45, 7) is 4.38. The Hall–Kier alpha value is -1.64. The number of aliphatic imine (C=N–C) groups is 1. The van der Waals surface area contributed by atoms with Crippen LogP contribution in [0.4, 0.5) is 0 Å². The van der Waals surface area contributed by atoms with E-state index in [2.05, 4.69) is 20.3 Å². The van der Waals surface area contributed by atoms with Crippen LogP contribution in [-0.2, 0) is 22.3 Å². The lowest BCUT2D eigenvalue weighted by molar-refractivity contribution is 0.131. The number of nitrogens with zero attached hydrogens (tertiary/aromatic N) is 1. The Morgan fingerprint density at radius 1 is 1.10 bits per heavy atom. The second kappa shape index (κ2) is 11.5. The zero-order valence-corrected chi connectivity index (χ0v) is 18.5. The fourth-order valence-corrected chi connectivity index (χ4v) is 4.65. The predicted octanol–water partition coefficient (Wildman–Crippen LogP) is 2.12. The Labute approximate surface area is 175 Å². The van der Waals surface area contributed by atoms with Crippen LogP contribution in [0, 0.1) is 5.41 Å². The van der Waals surface area contributed by atoms with Crippen LogP contribution >= 0.6 is 0 Å². The van der Waals surface area contributed by atoms with Gasteiger partial charge in [0.05, 0.1) is 12.3 Å². The Morgan fingerprint density at radius 3 is 2.34 bits per heavy atom. The van der Waals surface area contributed by atoms with Crippen molar-refractivity contribution in [2.45, 2.75) is 57.7 Å². The summed E-state index contributed by atoms with van der Waals surface area (Å²) < 4.78 is 25.6. The topological polar surface area (TPSA) is 103 Å². The van der Waals surface area contributed by atoms with E-state index in [0.29, 0.717) is 6.54 Å². The molecule has 1 aliphatic rings. The molecule has 0 aromatic heterocycles. The van der Waals surface area contributed by atoms with E-state index in [1.165, 1.54) is 26.3 Å². The molecule has 1 saturated carbocycles. The van der Waals surface area contributed by atoms with E-state index in [1.807, 2.05) is 31.2 Å². The van der Waals surface area contributed by atoms with Crippen LogP contribution in [0.2, 0.25) is 0 Å². The van der Waals surface area contributed by atoms with Crippen LogP contribution in [0.25, 0.3) is 0 Å². The summed E-state index contributed by atoms with van der Waals surface area (Å²) >= 11 is 0. The van der Waals surface area contributed by atoms with Crippen molar-refractivity contribution < 1.29 is 13.5 Å². The first-order valence-corrected chi connectivity index (χ1v) is 12.2. The van der Waals surface area contributed by atoms with Crippen LogP contribution in [0.15, 0.2) is 29.3 Å². The summed E-state index contributed by atoms with van der Waals surface area (Å²) in [6, 6.07) is 7.50. The van der Waals surface area contributed by atoms with E-state index in [-0.39, 0.29) is 17.8 Å². The molecule has 1 aromatic rings. The van der Waals surface area contributed by atoms with Gasteiger partial charge in [0.1, 0.15) is 0 Å². The summed E-state index contributed by atoms with van der Waals surface area (Å²) in [7, 11) is -1.84. The van der Waals surface area contributed by atoms with Crippen molar-refractivity contribution in [3.05, 3.63) is 35.4 Å². The van der Waals surface area contributed by atoms with Crippen LogP contribution < -0.4 is 15.4 Å². The van der Waals surface area contributed by atoms with Gasteiger partial charge in [0.15, 0.2) is 5.96 Å². The number of rotatable bonds is 10. The molecule has 1 fully saturated rings. The van der Waals surface area contributed by atoms with Gasteiger partial charge in [-0.2, -0.15) is 0 Å². The first-order chi connectivity index (χ1) is 13.9. The summed E-state index contributed by atoms with van der Waals surface area (Å²) in [4.78, 5) is 4.68. The third-order valence-electron chi connectivity index (χ3n) is 5.64. The van der Waals surface area contributed by atoms with Gasteiger partial charge in [0.2, 0.25) is 10.0 Å². The molecule has 0 amide bonds. The normalized spacial score (nSPS) is 17.1. The van der Waals surface area contributed by atoms with Crippen LogP contribution in [0.3, 0.4) is 0 Å². The zero-order valence-electron chi connectivity index (χ0n) is 17.7. The minimum absolute atomic E-state index is 0.0236. The number of aliphatic hydroxyl groups excluding tert-OH is 1. The molecule has 0 atom stereocenters. The van der Waals surface area contributed by atoms with Crippen molar-refractivity contribution in [1.82, 2.24) is 15.4 Å². The molecule has 0 radical (unpaired) electrons. The van der Waals surface area contributed by atoms with Gasteiger partial charge in [-0.3, -0.25) is 0 Å². The van der Waals surface area contributed by atoms with E-state index >= 15 is 0 Å². The number of sulfonamides is 1. The number of guanidine groups is 1. The maximum absolute atomic E-state index is 11.7. The molecular formula is C21H36N4O3S. The summed E-state index contributed by atoms with van der Waals surface area (Å²) in [5.74, 6) is 0.752. The third kappa shape index (κ3) is 7.95. The van der Waals surface area contributed by atoms with Crippen molar-refractivity contribution in [3.63, 3.8) is 0 Å². The molecule has 7 nitrogen and oxygen atoms in total. The number of aliphatic hydroxyl groups is 1. The van der Waals surface area contributed by atoms with Gasteiger partial charge in [0, 0.05) is 19.7 Å². The molecule has 0 unspecified atom stereocenters.